The summed E-state index contributed by atoms with van der Waals surface area (Å²) in [7, 11) is 0. The Labute approximate surface area is 163 Å². The van der Waals surface area contributed by atoms with E-state index in [2.05, 4.69) is 5.32 Å². The second kappa shape index (κ2) is 7.45. The number of rotatable bonds is 4. The molecular formula is C21H27FN2O4. The molecule has 1 amide bonds. The average molecular weight is 390 g/mol. The first-order chi connectivity index (χ1) is 13.1. The number of halogens is 1. The Bertz CT molecular complexity index is 913. The number of benzene rings is 1. The smallest absolute Gasteiger partial charge is 0.407 e. The van der Waals surface area contributed by atoms with Crippen LogP contribution < -0.4 is 5.32 Å². The molecule has 1 heterocycles. The van der Waals surface area contributed by atoms with Crippen molar-refractivity contribution in [1.82, 2.24) is 9.88 Å². The van der Waals surface area contributed by atoms with Gasteiger partial charge in [0.05, 0.1) is 0 Å². The molecule has 0 saturated heterocycles. The summed E-state index contributed by atoms with van der Waals surface area (Å²) in [4.78, 5) is 23.9. The van der Waals surface area contributed by atoms with E-state index in [1.54, 1.807) is 26.8 Å². The molecule has 2 N–H and O–H groups in total. The number of hydrogen-bond donors (Lipinski definition) is 2. The number of carboxylic acids is 1. The van der Waals surface area contributed by atoms with Gasteiger partial charge >= 0.3 is 12.1 Å². The number of carboxylic acid groups (broad SMARTS) is 1. The number of alkyl carbamates (subject to hydrolysis) is 1. The van der Waals surface area contributed by atoms with Crippen LogP contribution in [-0.4, -0.2) is 33.4 Å². The molecule has 0 bridgehead atoms. The Hall–Kier alpha value is -2.57. The van der Waals surface area contributed by atoms with Crippen molar-refractivity contribution in [3.05, 3.63) is 35.3 Å². The summed E-state index contributed by atoms with van der Waals surface area (Å²) in [5.41, 5.74) is 1.95. The molecule has 0 radical (unpaired) electrons. The monoisotopic (exact) mass is 390 g/mol. The predicted octanol–water partition coefficient (Wildman–Crippen LogP) is 4.20. The Morgan fingerprint density at radius 3 is 2.71 bits per heavy atom. The molecule has 7 heteroatoms. The molecule has 1 aromatic carbocycles. The van der Waals surface area contributed by atoms with Gasteiger partial charge in [-0.3, -0.25) is 0 Å². The zero-order chi connectivity index (χ0) is 20.6. The molecule has 152 valence electrons. The summed E-state index contributed by atoms with van der Waals surface area (Å²) in [6.07, 6.45) is 1.74. The summed E-state index contributed by atoms with van der Waals surface area (Å²) in [6, 6.07) is 3.61. The minimum atomic E-state index is -0.902. The highest BCUT2D eigenvalue weighted by Gasteiger charge is 2.31. The molecule has 6 nitrogen and oxygen atoms in total. The van der Waals surface area contributed by atoms with E-state index in [-0.39, 0.29) is 11.9 Å². The standard InChI is InChI=1S/C21H27FN2O4/c1-5-16(19(25)26)24-17-8-6-12(22)10-14(17)15-11-13(7-9-18(15)24)23-20(27)28-21(2,3)4/h6,8,10,13,16H,5,7,9,11H2,1-4H3,(H,23,27)(H,25,26)/t13-,16?/m0/s1. The predicted molar refractivity (Wildman–Crippen MR) is 104 cm³/mol. The Balaban J connectivity index is 1.98. The molecule has 1 aliphatic rings. The van der Waals surface area contributed by atoms with Crippen molar-refractivity contribution in [3.8, 4) is 0 Å². The highest BCUT2D eigenvalue weighted by molar-refractivity contribution is 5.88. The van der Waals surface area contributed by atoms with E-state index < -0.39 is 23.7 Å². The molecule has 2 aromatic rings. The number of fused-ring (bicyclic) bond motifs is 3. The first kappa shape index (κ1) is 20.2. The second-order valence-electron chi connectivity index (χ2n) is 8.30. The van der Waals surface area contributed by atoms with Crippen LogP contribution in [0.3, 0.4) is 0 Å². The molecule has 1 unspecified atom stereocenters. The molecular weight excluding hydrogens is 363 g/mol. The van der Waals surface area contributed by atoms with Crippen molar-refractivity contribution in [3.63, 3.8) is 0 Å². The number of carbonyl (C=O) groups excluding carboxylic acids is 1. The molecule has 0 saturated carbocycles. The van der Waals surface area contributed by atoms with Crippen molar-refractivity contribution in [2.45, 2.75) is 71.1 Å². The van der Waals surface area contributed by atoms with Gasteiger partial charge in [-0.25, -0.2) is 14.0 Å². The maximum Gasteiger partial charge on any atom is 0.407 e. The van der Waals surface area contributed by atoms with Crippen molar-refractivity contribution < 1.29 is 23.8 Å². The second-order valence-corrected chi connectivity index (χ2v) is 8.30. The number of nitrogens with zero attached hydrogens (tertiary/aromatic N) is 1. The van der Waals surface area contributed by atoms with Crippen LogP contribution in [-0.2, 0) is 22.4 Å². The number of carbonyl (C=O) groups is 2. The lowest BCUT2D eigenvalue weighted by Gasteiger charge is -2.28. The fraction of sp³-hybridized carbons (Fsp3) is 0.524. The van der Waals surface area contributed by atoms with Crippen LogP contribution in [0.1, 0.15) is 57.8 Å². The maximum atomic E-state index is 13.9. The van der Waals surface area contributed by atoms with Crippen LogP contribution >= 0.6 is 0 Å². The highest BCUT2D eigenvalue weighted by atomic mass is 19.1. The zero-order valence-electron chi connectivity index (χ0n) is 16.7. The van der Waals surface area contributed by atoms with Gasteiger partial charge in [0, 0.05) is 22.6 Å². The number of ether oxygens (including phenoxy) is 1. The zero-order valence-corrected chi connectivity index (χ0v) is 16.7. The van der Waals surface area contributed by atoms with Gasteiger partial charge in [-0.1, -0.05) is 6.92 Å². The molecule has 0 spiro atoms. The number of amides is 1. The summed E-state index contributed by atoms with van der Waals surface area (Å²) in [5.74, 6) is -1.27. The van der Waals surface area contributed by atoms with Gasteiger partial charge in [-0.2, -0.15) is 0 Å². The molecule has 0 aliphatic heterocycles. The van der Waals surface area contributed by atoms with Crippen molar-refractivity contribution in [1.29, 1.82) is 0 Å². The van der Waals surface area contributed by atoms with E-state index in [1.807, 2.05) is 11.5 Å². The topological polar surface area (TPSA) is 80.6 Å². The Kier molecular flexibility index (Phi) is 5.37. The van der Waals surface area contributed by atoms with E-state index in [9.17, 15) is 19.1 Å². The fourth-order valence-corrected chi connectivity index (χ4v) is 3.99. The van der Waals surface area contributed by atoms with Crippen LogP contribution in [0.15, 0.2) is 18.2 Å². The minimum Gasteiger partial charge on any atom is -0.480 e. The van der Waals surface area contributed by atoms with E-state index in [0.29, 0.717) is 31.1 Å². The van der Waals surface area contributed by atoms with Crippen LogP contribution in [0.2, 0.25) is 0 Å². The third-order valence-corrected chi connectivity index (χ3v) is 5.07. The van der Waals surface area contributed by atoms with Crippen LogP contribution in [0, 0.1) is 5.82 Å². The molecule has 2 atom stereocenters. The maximum absolute atomic E-state index is 13.9. The van der Waals surface area contributed by atoms with Crippen LogP contribution in [0.4, 0.5) is 9.18 Å². The number of hydrogen-bond acceptors (Lipinski definition) is 3. The van der Waals surface area contributed by atoms with Gasteiger partial charge in [-0.15, -0.1) is 0 Å². The lowest BCUT2D eigenvalue weighted by atomic mass is 9.91. The lowest BCUT2D eigenvalue weighted by molar-refractivity contribution is -0.140. The largest absolute Gasteiger partial charge is 0.480 e. The van der Waals surface area contributed by atoms with E-state index in [4.69, 9.17) is 4.74 Å². The quantitative estimate of drug-likeness (QED) is 0.820. The molecule has 1 aliphatic carbocycles. The van der Waals surface area contributed by atoms with Gasteiger partial charge in [0.2, 0.25) is 0 Å². The first-order valence-electron chi connectivity index (χ1n) is 9.64. The average Bonchev–Trinajstić information content (AvgIpc) is 2.87. The molecule has 3 rings (SSSR count). The normalized spacial score (nSPS) is 17.8. The van der Waals surface area contributed by atoms with E-state index in [1.165, 1.54) is 12.1 Å². The lowest BCUT2D eigenvalue weighted by Crippen LogP contribution is -2.42. The number of aromatic nitrogens is 1. The molecule has 28 heavy (non-hydrogen) atoms. The minimum absolute atomic E-state index is 0.144. The summed E-state index contributed by atoms with van der Waals surface area (Å²) < 4.78 is 21.1. The van der Waals surface area contributed by atoms with Crippen molar-refractivity contribution >= 4 is 23.0 Å². The van der Waals surface area contributed by atoms with Gasteiger partial charge in [-0.05, 0) is 70.2 Å². The van der Waals surface area contributed by atoms with Gasteiger partial charge < -0.3 is 19.7 Å². The highest BCUT2D eigenvalue weighted by Crippen LogP contribution is 2.36. The van der Waals surface area contributed by atoms with Crippen molar-refractivity contribution in [2.24, 2.45) is 0 Å². The number of aliphatic carboxylic acids is 1. The van der Waals surface area contributed by atoms with E-state index in [0.717, 1.165) is 16.8 Å². The third-order valence-electron chi connectivity index (χ3n) is 5.07. The van der Waals surface area contributed by atoms with Crippen LogP contribution in [0.5, 0.6) is 0 Å². The fourth-order valence-electron chi connectivity index (χ4n) is 3.99. The Morgan fingerprint density at radius 2 is 2.11 bits per heavy atom. The first-order valence-corrected chi connectivity index (χ1v) is 9.64. The molecule has 1 aromatic heterocycles. The number of nitrogens with one attached hydrogen (secondary N) is 1. The van der Waals surface area contributed by atoms with Gasteiger partial charge in [0.1, 0.15) is 17.5 Å². The summed E-state index contributed by atoms with van der Waals surface area (Å²) in [5, 5.41) is 13.3. The third kappa shape index (κ3) is 3.98. The summed E-state index contributed by atoms with van der Waals surface area (Å²) >= 11 is 0. The van der Waals surface area contributed by atoms with Crippen molar-refractivity contribution in [2.75, 3.05) is 0 Å². The van der Waals surface area contributed by atoms with Gasteiger partial charge in [0.25, 0.3) is 0 Å². The Morgan fingerprint density at radius 1 is 1.39 bits per heavy atom. The SMILES string of the molecule is CCC(C(=O)O)n1c2c(c3cc(F)ccc31)C[C@@H](NC(=O)OC(C)(C)C)CC2. The van der Waals surface area contributed by atoms with Crippen LogP contribution in [0.25, 0.3) is 10.9 Å². The van der Waals surface area contributed by atoms with E-state index >= 15 is 0 Å². The van der Waals surface area contributed by atoms with Gasteiger partial charge in [0.15, 0.2) is 0 Å². The summed E-state index contributed by atoms with van der Waals surface area (Å²) in [6.45, 7) is 7.24. The molecule has 0 fully saturated rings.